The third-order valence-corrected chi connectivity index (χ3v) is 3.46. The van der Waals surface area contributed by atoms with Crippen molar-refractivity contribution in [3.8, 4) is 0 Å². The van der Waals surface area contributed by atoms with Crippen molar-refractivity contribution in [3.05, 3.63) is 29.3 Å². The fourth-order valence-electron chi connectivity index (χ4n) is 2.10. The van der Waals surface area contributed by atoms with E-state index in [1.165, 1.54) is 12.8 Å². The van der Waals surface area contributed by atoms with E-state index in [2.05, 4.69) is 16.0 Å². The Morgan fingerprint density at radius 3 is 2.67 bits per heavy atom. The lowest BCUT2D eigenvalue weighted by Gasteiger charge is -2.10. The number of amides is 2. The number of hydrogen-bond donors (Lipinski definition) is 3. The van der Waals surface area contributed by atoms with Gasteiger partial charge in [-0.2, -0.15) is 0 Å². The lowest BCUT2D eigenvalue weighted by molar-refractivity contribution is -0.116. The Labute approximate surface area is 125 Å². The van der Waals surface area contributed by atoms with Crippen LogP contribution in [-0.4, -0.2) is 30.9 Å². The molecule has 1 fully saturated rings. The molecule has 1 aromatic rings. The van der Waals surface area contributed by atoms with E-state index in [9.17, 15) is 9.59 Å². The summed E-state index contributed by atoms with van der Waals surface area (Å²) in [5.41, 5.74) is 2.27. The summed E-state index contributed by atoms with van der Waals surface area (Å²) in [4.78, 5) is 23.6. The molecule has 5 nitrogen and oxygen atoms in total. The van der Waals surface area contributed by atoms with Crippen molar-refractivity contribution in [2.75, 3.05) is 18.4 Å². The number of carbonyl (C=O) groups is 2. The van der Waals surface area contributed by atoms with Gasteiger partial charge in [-0.1, -0.05) is 0 Å². The van der Waals surface area contributed by atoms with Gasteiger partial charge >= 0.3 is 0 Å². The van der Waals surface area contributed by atoms with Gasteiger partial charge in [0.15, 0.2) is 0 Å². The van der Waals surface area contributed by atoms with Gasteiger partial charge in [0.2, 0.25) is 5.91 Å². The number of carbonyl (C=O) groups excluding carboxylic acids is 2. The van der Waals surface area contributed by atoms with E-state index in [-0.39, 0.29) is 11.8 Å². The van der Waals surface area contributed by atoms with E-state index in [0.29, 0.717) is 31.1 Å². The molecule has 0 atom stereocenters. The fraction of sp³-hybridized carbons (Fsp3) is 0.500. The molecule has 114 valence electrons. The monoisotopic (exact) mass is 289 g/mol. The Balaban J connectivity index is 1.87. The van der Waals surface area contributed by atoms with Gasteiger partial charge in [0.25, 0.3) is 5.91 Å². The predicted molar refractivity (Wildman–Crippen MR) is 83.5 cm³/mol. The van der Waals surface area contributed by atoms with Gasteiger partial charge < -0.3 is 16.0 Å². The molecule has 3 N–H and O–H groups in total. The highest BCUT2D eigenvalue weighted by Gasteiger charge is 2.20. The highest BCUT2D eigenvalue weighted by molar-refractivity contribution is 5.96. The number of aryl methyl sites for hydroxylation is 1. The summed E-state index contributed by atoms with van der Waals surface area (Å²) in [5, 5.41) is 8.96. The second kappa shape index (κ2) is 7.22. The Bertz CT molecular complexity index is 524. The van der Waals surface area contributed by atoms with E-state index < -0.39 is 0 Å². The van der Waals surface area contributed by atoms with Crippen LogP contribution < -0.4 is 16.0 Å². The topological polar surface area (TPSA) is 70.2 Å². The number of hydrogen-bond acceptors (Lipinski definition) is 3. The van der Waals surface area contributed by atoms with Crippen molar-refractivity contribution in [3.63, 3.8) is 0 Å². The van der Waals surface area contributed by atoms with Crippen molar-refractivity contribution in [1.29, 1.82) is 0 Å². The summed E-state index contributed by atoms with van der Waals surface area (Å²) in [6.45, 7) is 5.09. The molecular weight excluding hydrogens is 266 g/mol. The van der Waals surface area contributed by atoms with Gasteiger partial charge in [0.05, 0.1) is 0 Å². The predicted octanol–water partition coefficient (Wildman–Crippen LogP) is 1.83. The number of anilines is 1. The molecule has 1 aliphatic rings. The maximum absolute atomic E-state index is 11.9. The molecule has 1 aliphatic carbocycles. The zero-order chi connectivity index (χ0) is 15.2. The van der Waals surface area contributed by atoms with Gasteiger partial charge in [0, 0.05) is 36.8 Å². The van der Waals surface area contributed by atoms with Crippen LogP contribution in [0.3, 0.4) is 0 Å². The van der Waals surface area contributed by atoms with Gasteiger partial charge in [-0.05, 0) is 50.5 Å². The van der Waals surface area contributed by atoms with Crippen LogP contribution in [0.25, 0.3) is 0 Å². The van der Waals surface area contributed by atoms with Crippen molar-refractivity contribution >= 4 is 17.5 Å². The van der Waals surface area contributed by atoms with Crippen LogP contribution in [0.2, 0.25) is 0 Å². The molecule has 0 spiro atoms. The summed E-state index contributed by atoms with van der Waals surface area (Å²) >= 11 is 0. The largest absolute Gasteiger partial charge is 0.352 e. The Kier molecular flexibility index (Phi) is 5.33. The van der Waals surface area contributed by atoms with Gasteiger partial charge in [-0.3, -0.25) is 9.59 Å². The fourth-order valence-corrected chi connectivity index (χ4v) is 2.10. The molecule has 5 heteroatoms. The third kappa shape index (κ3) is 4.86. The molecule has 21 heavy (non-hydrogen) atoms. The minimum absolute atomic E-state index is 0.00277. The molecule has 0 saturated heterocycles. The summed E-state index contributed by atoms with van der Waals surface area (Å²) in [6, 6.07) is 5.93. The Hall–Kier alpha value is -1.88. The average molecular weight is 289 g/mol. The first-order valence-electron chi connectivity index (χ1n) is 7.52. The normalized spacial score (nSPS) is 13.8. The number of benzene rings is 1. The number of rotatable bonds is 7. The van der Waals surface area contributed by atoms with E-state index in [4.69, 9.17) is 0 Å². The maximum Gasteiger partial charge on any atom is 0.251 e. The first-order valence-corrected chi connectivity index (χ1v) is 7.52. The summed E-state index contributed by atoms with van der Waals surface area (Å²) in [6.07, 6.45) is 2.91. The molecule has 2 amide bonds. The standard InChI is InChI=1S/C16H23N3O2/c1-3-17-16(21)12-4-7-14(11(2)10-12)19-15(20)8-9-18-13-5-6-13/h4,7,10,13,18H,3,5-6,8-9H2,1-2H3,(H,17,21)(H,19,20). The lowest BCUT2D eigenvalue weighted by atomic mass is 10.1. The molecule has 2 rings (SSSR count). The van der Waals surface area contributed by atoms with Crippen LogP contribution >= 0.6 is 0 Å². The molecule has 0 aromatic heterocycles. The third-order valence-electron chi connectivity index (χ3n) is 3.46. The molecule has 0 bridgehead atoms. The summed E-state index contributed by atoms with van der Waals surface area (Å²) in [7, 11) is 0. The van der Waals surface area contributed by atoms with Crippen LogP contribution in [0.5, 0.6) is 0 Å². The quantitative estimate of drug-likeness (QED) is 0.717. The minimum Gasteiger partial charge on any atom is -0.352 e. The zero-order valence-electron chi connectivity index (χ0n) is 12.7. The van der Waals surface area contributed by atoms with Crippen LogP contribution in [0.15, 0.2) is 18.2 Å². The van der Waals surface area contributed by atoms with Crippen LogP contribution in [-0.2, 0) is 4.79 Å². The van der Waals surface area contributed by atoms with Gasteiger partial charge in [-0.25, -0.2) is 0 Å². The molecule has 0 aliphatic heterocycles. The second-order valence-corrected chi connectivity index (χ2v) is 5.42. The van der Waals surface area contributed by atoms with Gasteiger partial charge in [0.1, 0.15) is 0 Å². The first kappa shape index (κ1) is 15.5. The van der Waals surface area contributed by atoms with Crippen LogP contribution in [0.4, 0.5) is 5.69 Å². The van der Waals surface area contributed by atoms with E-state index in [0.717, 1.165) is 11.3 Å². The highest BCUT2D eigenvalue weighted by Crippen LogP contribution is 2.19. The lowest BCUT2D eigenvalue weighted by Crippen LogP contribution is -2.24. The van der Waals surface area contributed by atoms with Crippen molar-refractivity contribution in [1.82, 2.24) is 10.6 Å². The van der Waals surface area contributed by atoms with Crippen molar-refractivity contribution in [2.45, 2.75) is 39.2 Å². The van der Waals surface area contributed by atoms with Crippen molar-refractivity contribution in [2.24, 2.45) is 0 Å². The van der Waals surface area contributed by atoms with E-state index in [1.54, 1.807) is 18.2 Å². The smallest absolute Gasteiger partial charge is 0.251 e. The maximum atomic E-state index is 11.9. The minimum atomic E-state index is -0.0906. The van der Waals surface area contributed by atoms with E-state index in [1.807, 2.05) is 13.8 Å². The molecule has 0 unspecified atom stereocenters. The molecule has 0 heterocycles. The van der Waals surface area contributed by atoms with Gasteiger partial charge in [-0.15, -0.1) is 0 Å². The van der Waals surface area contributed by atoms with E-state index >= 15 is 0 Å². The number of nitrogens with one attached hydrogen (secondary N) is 3. The van der Waals surface area contributed by atoms with Crippen LogP contribution in [0.1, 0.15) is 42.1 Å². The first-order chi connectivity index (χ1) is 10.1. The molecule has 0 radical (unpaired) electrons. The SMILES string of the molecule is CCNC(=O)c1ccc(NC(=O)CCNC2CC2)c(C)c1. The summed E-state index contributed by atoms with van der Waals surface area (Å²) < 4.78 is 0. The molecular formula is C16H23N3O2. The second-order valence-electron chi connectivity index (χ2n) is 5.42. The molecule has 1 saturated carbocycles. The molecule has 1 aromatic carbocycles. The average Bonchev–Trinajstić information content (AvgIpc) is 3.25. The summed E-state index contributed by atoms with van der Waals surface area (Å²) in [5.74, 6) is -0.0934. The van der Waals surface area contributed by atoms with Crippen LogP contribution in [0, 0.1) is 6.92 Å². The van der Waals surface area contributed by atoms with Crippen molar-refractivity contribution < 1.29 is 9.59 Å². The Morgan fingerprint density at radius 2 is 2.05 bits per heavy atom. The highest BCUT2D eigenvalue weighted by atomic mass is 16.2. The zero-order valence-corrected chi connectivity index (χ0v) is 12.7. The Morgan fingerprint density at radius 1 is 1.29 bits per heavy atom.